The van der Waals surface area contributed by atoms with E-state index in [1.54, 1.807) is 0 Å². The normalized spacial score (nSPS) is 10.4. The third-order valence-electron chi connectivity index (χ3n) is 1.92. The summed E-state index contributed by atoms with van der Waals surface area (Å²) in [7, 11) is 0. The predicted molar refractivity (Wildman–Crippen MR) is 63.2 cm³/mol. The third-order valence-corrected chi connectivity index (χ3v) is 2.16. The van der Waals surface area contributed by atoms with E-state index in [4.69, 9.17) is 16.3 Å². The highest BCUT2D eigenvalue weighted by Crippen LogP contribution is 2.23. The van der Waals surface area contributed by atoms with Crippen molar-refractivity contribution in [3.05, 3.63) is 38.9 Å². The summed E-state index contributed by atoms with van der Waals surface area (Å²) >= 11 is 5.70. The fourth-order valence-corrected chi connectivity index (χ4v) is 1.32. The zero-order chi connectivity index (χ0) is 13.0. The molecule has 6 heteroatoms. The van der Waals surface area contributed by atoms with Gasteiger partial charge in [-0.25, -0.2) is 4.79 Å². The number of esters is 1. The number of halogens is 1. The Hall–Kier alpha value is -1.62. The highest BCUT2D eigenvalue weighted by Gasteiger charge is 2.21. The maximum Gasteiger partial charge on any atom is 0.345 e. The van der Waals surface area contributed by atoms with Gasteiger partial charge in [-0.3, -0.25) is 10.1 Å². The summed E-state index contributed by atoms with van der Waals surface area (Å²) in [5, 5.41) is 11.0. The van der Waals surface area contributed by atoms with Gasteiger partial charge in [0.25, 0.3) is 5.69 Å². The Kier molecular flexibility index (Phi) is 4.45. The lowest BCUT2D eigenvalue weighted by Gasteiger charge is -2.07. The Morgan fingerprint density at radius 2 is 2.18 bits per heavy atom. The van der Waals surface area contributed by atoms with Gasteiger partial charge in [0, 0.05) is 11.1 Å². The van der Waals surface area contributed by atoms with Gasteiger partial charge >= 0.3 is 5.97 Å². The predicted octanol–water partition coefficient (Wildman–Crippen LogP) is 3.06. The summed E-state index contributed by atoms with van der Waals surface area (Å²) in [5.41, 5.74) is -0.425. The van der Waals surface area contributed by atoms with Crippen molar-refractivity contribution in [1.29, 1.82) is 0 Å². The number of ether oxygens (including phenoxy) is 1. The molecule has 0 saturated carbocycles. The molecule has 0 aliphatic heterocycles. The van der Waals surface area contributed by atoms with Gasteiger partial charge in [0.05, 0.1) is 11.5 Å². The van der Waals surface area contributed by atoms with Crippen molar-refractivity contribution in [1.82, 2.24) is 0 Å². The van der Waals surface area contributed by atoms with Crippen LogP contribution in [-0.2, 0) is 4.74 Å². The van der Waals surface area contributed by atoms with Gasteiger partial charge in [0.1, 0.15) is 5.56 Å². The molecule has 0 aliphatic carbocycles. The molecule has 1 aromatic carbocycles. The van der Waals surface area contributed by atoms with Gasteiger partial charge in [-0.2, -0.15) is 0 Å². The van der Waals surface area contributed by atoms with Crippen molar-refractivity contribution in [2.24, 2.45) is 5.92 Å². The van der Waals surface area contributed by atoms with Crippen LogP contribution < -0.4 is 0 Å². The second-order valence-corrected chi connectivity index (χ2v) is 4.35. The summed E-state index contributed by atoms with van der Waals surface area (Å²) in [5.74, 6) is -0.565. The Labute approximate surface area is 103 Å². The standard InChI is InChI=1S/C11H12ClNO4/c1-7(2)6-17-11(14)9-5-8(12)3-4-10(9)13(15)16/h3-5,7H,6H2,1-2H3. The molecule has 0 fully saturated rings. The smallest absolute Gasteiger partial charge is 0.345 e. The zero-order valence-electron chi connectivity index (χ0n) is 9.47. The molecular formula is C11H12ClNO4. The summed E-state index contributed by atoms with van der Waals surface area (Å²) in [6.45, 7) is 3.96. The van der Waals surface area contributed by atoms with Crippen LogP contribution in [0.1, 0.15) is 24.2 Å². The molecule has 0 amide bonds. The molecular weight excluding hydrogens is 246 g/mol. The van der Waals surface area contributed by atoms with Crippen molar-refractivity contribution in [2.45, 2.75) is 13.8 Å². The summed E-state index contributed by atoms with van der Waals surface area (Å²) in [4.78, 5) is 21.7. The van der Waals surface area contributed by atoms with E-state index in [1.807, 2.05) is 13.8 Å². The van der Waals surface area contributed by atoms with E-state index in [9.17, 15) is 14.9 Å². The quantitative estimate of drug-likeness (QED) is 0.472. The second-order valence-electron chi connectivity index (χ2n) is 3.91. The Morgan fingerprint density at radius 1 is 1.53 bits per heavy atom. The largest absolute Gasteiger partial charge is 0.462 e. The molecule has 0 N–H and O–H groups in total. The van der Waals surface area contributed by atoms with E-state index < -0.39 is 10.9 Å². The summed E-state index contributed by atoms with van der Waals surface area (Å²) in [6, 6.07) is 3.79. The fourth-order valence-electron chi connectivity index (χ4n) is 1.15. The molecule has 17 heavy (non-hydrogen) atoms. The van der Waals surface area contributed by atoms with Gasteiger partial charge in [-0.1, -0.05) is 25.4 Å². The zero-order valence-corrected chi connectivity index (χ0v) is 10.2. The molecule has 0 unspecified atom stereocenters. The van der Waals surface area contributed by atoms with Crippen molar-refractivity contribution in [3.63, 3.8) is 0 Å². The minimum atomic E-state index is -0.729. The van der Waals surface area contributed by atoms with E-state index in [1.165, 1.54) is 18.2 Å². The molecule has 5 nitrogen and oxygen atoms in total. The molecule has 0 radical (unpaired) electrons. The van der Waals surface area contributed by atoms with Gasteiger partial charge in [-0.05, 0) is 18.1 Å². The molecule has 1 rings (SSSR count). The number of hydrogen-bond acceptors (Lipinski definition) is 4. The minimum absolute atomic E-state index is 0.122. The Balaban J connectivity index is 2.98. The average molecular weight is 258 g/mol. The Bertz CT molecular complexity index is 445. The number of carbonyl (C=O) groups is 1. The third kappa shape index (κ3) is 3.71. The lowest BCUT2D eigenvalue weighted by Crippen LogP contribution is -2.12. The monoisotopic (exact) mass is 257 g/mol. The molecule has 0 spiro atoms. The van der Waals surface area contributed by atoms with E-state index in [2.05, 4.69) is 0 Å². The first kappa shape index (κ1) is 13.4. The van der Waals surface area contributed by atoms with Crippen molar-refractivity contribution in [2.75, 3.05) is 6.61 Å². The number of benzene rings is 1. The van der Waals surface area contributed by atoms with Gasteiger partial charge < -0.3 is 4.74 Å². The molecule has 0 atom stereocenters. The molecule has 0 aromatic heterocycles. The van der Waals surface area contributed by atoms with Crippen LogP contribution in [-0.4, -0.2) is 17.5 Å². The molecule has 1 aromatic rings. The van der Waals surface area contributed by atoms with Crippen molar-refractivity contribution in [3.8, 4) is 0 Å². The van der Waals surface area contributed by atoms with Crippen LogP contribution in [0.2, 0.25) is 5.02 Å². The highest BCUT2D eigenvalue weighted by atomic mass is 35.5. The highest BCUT2D eigenvalue weighted by molar-refractivity contribution is 6.31. The molecule has 0 bridgehead atoms. The lowest BCUT2D eigenvalue weighted by molar-refractivity contribution is -0.385. The number of carbonyl (C=O) groups excluding carboxylic acids is 1. The molecule has 0 heterocycles. The lowest BCUT2D eigenvalue weighted by atomic mass is 10.2. The van der Waals surface area contributed by atoms with Crippen LogP contribution in [0.4, 0.5) is 5.69 Å². The van der Waals surface area contributed by atoms with Crippen molar-refractivity contribution >= 4 is 23.3 Å². The first-order chi connectivity index (χ1) is 7.91. The average Bonchev–Trinajstić information content (AvgIpc) is 2.25. The van der Waals surface area contributed by atoms with Crippen LogP contribution in [0.25, 0.3) is 0 Å². The van der Waals surface area contributed by atoms with Gasteiger partial charge in [0.2, 0.25) is 0 Å². The van der Waals surface area contributed by atoms with E-state index >= 15 is 0 Å². The maximum absolute atomic E-state index is 11.6. The van der Waals surface area contributed by atoms with Crippen LogP contribution in [0.5, 0.6) is 0 Å². The van der Waals surface area contributed by atoms with Crippen LogP contribution >= 0.6 is 11.6 Å². The van der Waals surface area contributed by atoms with Crippen LogP contribution in [0, 0.1) is 16.0 Å². The van der Waals surface area contributed by atoms with Gasteiger partial charge in [0.15, 0.2) is 0 Å². The number of rotatable bonds is 4. The minimum Gasteiger partial charge on any atom is -0.462 e. The topological polar surface area (TPSA) is 69.4 Å². The van der Waals surface area contributed by atoms with E-state index in [-0.39, 0.29) is 28.8 Å². The molecule has 0 saturated heterocycles. The second kappa shape index (κ2) is 5.63. The summed E-state index contributed by atoms with van der Waals surface area (Å²) in [6.07, 6.45) is 0. The molecule has 92 valence electrons. The van der Waals surface area contributed by atoms with Gasteiger partial charge in [-0.15, -0.1) is 0 Å². The number of nitro groups is 1. The maximum atomic E-state index is 11.6. The van der Waals surface area contributed by atoms with Crippen molar-refractivity contribution < 1.29 is 14.5 Å². The first-order valence-corrected chi connectivity index (χ1v) is 5.40. The van der Waals surface area contributed by atoms with Crippen LogP contribution in [0.15, 0.2) is 18.2 Å². The Morgan fingerprint density at radius 3 is 2.71 bits per heavy atom. The number of hydrogen-bond donors (Lipinski definition) is 0. The number of nitrogens with zero attached hydrogens (tertiary/aromatic N) is 1. The van der Waals surface area contributed by atoms with E-state index in [0.29, 0.717) is 0 Å². The fraction of sp³-hybridized carbons (Fsp3) is 0.364. The SMILES string of the molecule is CC(C)COC(=O)c1cc(Cl)ccc1[N+](=O)[O-]. The van der Waals surface area contributed by atoms with E-state index in [0.717, 1.165) is 0 Å². The first-order valence-electron chi connectivity index (χ1n) is 5.03. The number of nitro benzene ring substituents is 1. The summed E-state index contributed by atoms with van der Waals surface area (Å²) < 4.78 is 4.93. The van der Waals surface area contributed by atoms with Crippen LogP contribution in [0.3, 0.4) is 0 Å². The molecule has 0 aliphatic rings.